The first-order valence-electron chi connectivity index (χ1n) is 7.74. The van der Waals surface area contributed by atoms with Gasteiger partial charge in [0.1, 0.15) is 6.61 Å². The molecule has 0 saturated carbocycles. The molecule has 0 saturated heterocycles. The average molecular weight is 390 g/mol. The number of carbonyl (C=O) groups excluding carboxylic acids is 1. The average Bonchev–Trinajstić information content (AvgIpc) is 2.60. The van der Waals surface area contributed by atoms with Crippen LogP contribution in [0.15, 0.2) is 65.8 Å². The van der Waals surface area contributed by atoms with E-state index in [0.717, 1.165) is 17.5 Å². The zero-order valence-corrected chi connectivity index (χ0v) is 15.1. The lowest BCUT2D eigenvalue weighted by Crippen LogP contribution is -2.21. The molecule has 0 radical (unpaired) electrons. The zero-order chi connectivity index (χ0) is 17.2. The Kier molecular flexibility index (Phi) is 7.49. The van der Waals surface area contributed by atoms with Crippen molar-refractivity contribution < 1.29 is 14.4 Å². The van der Waals surface area contributed by atoms with Crippen molar-refractivity contribution in [2.24, 2.45) is 5.16 Å². The van der Waals surface area contributed by atoms with Gasteiger partial charge in [0.25, 0.3) is 0 Å². The number of rotatable bonds is 8. The van der Waals surface area contributed by atoms with Crippen molar-refractivity contribution >= 4 is 27.6 Å². The van der Waals surface area contributed by atoms with E-state index in [1.165, 1.54) is 0 Å². The summed E-state index contributed by atoms with van der Waals surface area (Å²) in [5.74, 6) is -0.493. The number of ether oxygens (including phenoxy) is 1. The summed E-state index contributed by atoms with van der Waals surface area (Å²) in [6.07, 6.45) is 1.33. The van der Waals surface area contributed by atoms with Crippen LogP contribution >= 0.6 is 15.9 Å². The summed E-state index contributed by atoms with van der Waals surface area (Å²) in [6, 6.07) is 19.8. The summed E-state index contributed by atoms with van der Waals surface area (Å²) >= 11 is 3.36. The molecule has 0 fully saturated rings. The lowest BCUT2D eigenvalue weighted by atomic mass is 10.2. The van der Waals surface area contributed by atoms with Crippen LogP contribution in [0.3, 0.4) is 0 Å². The van der Waals surface area contributed by atoms with E-state index in [9.17, 15) is 4.79 Å². The van der Waals surface area contributed by atoms with E-state index in [1.807, 2.05) is 60.7 Å². The minimum absolute atomic E-state index is 0.195. The predicted molar refractivity (Wildman–Crippen MR) is 98.2 cm³/mol. The molecule has 0 heterocycles. The van der Waals surface area contributed by atoms with Gasteiger partial charge in [-0.25, -0.2) is 4.79 Å². The smallest absolute Gasteiger partial charge is 0.356 e. The molecule has 0 bridgehead atoms. The molecule has 5 heteroatoms. The molecule has 126 valence electrons. The molecule has 2 rings (SSSR count). The molecule has 0 spiro atoms. The number of alkyl halides is 1. The fraction of sp³-hybridized carbons (Fsp3) is 0.263. The summed E-state index contributed by atoms with van der Waals surface area (Å²) in [6.45, 7) is 1.99. The first-order valence-corrected chi connectivity index (χ1v) is 8.66. The van der Waals surface area contributed by atoms with Crippen LogP contribution in [0.5, 0.6) is 0 Å². The van der Waals surface area contributed by atoms with Gasteiger partial charge in [-0.15, -0.1) is 0 Å². The van der Waals surface area contributed by atoms with Crippen molar-refractivity contribution in [1.82, 2.24) is 0 Å². The van der Waals surface area contributed by atoms with Crippen LogP contribution in [0.4, 0.5) is 0 Å². The molecule has 0 aromatic heterocycles. The molecule has 0 aliphatic carbocycles. The molecule has 2 aromatic rings. The molecule has 0 N–H and O–H groups in total. The van der Waals surface area contributed by atoms with Crippen LogP contribution in [0.25, 0.3) is 0 Å². The highest BCUT2D eigenvalue weighted by molar-refractivity contribution is 9.09. The molecule has 24 heavy (non-hydrogen) atoms. The quantitative estimate of drug-likeness (QED) is 0.224. The second-order valence-corrected chi connectivity index (χ2v) is 6.27. The van der Waals surface area contributed by atoms with Crippen LogP contribution in [-0.4, -0.2) is 23.3 Å². The molecule has 4 nitrogen and oxygen atoms in total. The van der Waals surface area contributed by atoms with E-state index < -0.39 is 11.0 Å². The Labute approximate surface area is 150 Å². The Morgan fingerprint density at radius 2 is 1.62 bits per heavy atom. The Morgan fingerprint density at radius 1 is 1.04 bits per heavy atom. The minimum Gasteiger partial charge on any atom is -0.446 e. The van der Waals surface area contributed by atoms with Gasteiger partial charge in [-0.05, 0) is 34.0 Å². The van der Waals surface area contributed by atoms with Gasteiger partial charge in [0.05, 0.1) is 0 Å². The van der Waals surface area contributed by atoms with Crippen molar-refractivity contribution in [2.45, 2.75) is 24.8 Å². The summed E-state index contributed by atoms with van der Waals surface area (Å²) in [5, 5.41) is 3.42. The van der Waals surface area contributed by atoms with E-state index in [-0.39, 0.29) is 5.71 Å². The summed E-state index contributed by atoms with van der Waals surface area (Å²) in [5.41, 5.74) is 2.44. The van der Waals surface area contributed by atoms with Crippen molar-refractivity contribution in [3.63, 3.8) is 0 Å². The van der Waals surface area contributed by atoms with Gasteiger partial charge in [0.15, 0.2) is 10.7 Å². The van der Waals surface area contributed by atoms with Gasteiger partial charge in [-0.2, -0.15) is 0 Å². The number of hydrogen-bond donors (Lipinski definition) is 0. The third kappa shape index (κ3) is 6.54. The monoisotopic (exact) mass is 389 g/mol. The van der Waals surface area contributed by atoms with Gasteiger partial charge in [0, 0.05) is 12.8 Å². The van der Waals surface area contributed by atoms with E-state index >= 15 is 0 Å². The standard InChI is InChI=1S/C19H20BrNO3/c1-15(21-23-13-12-16-8-4-2-5-9-16)19(22)24-18(20)14-17-10-6-3-7-11-17/h2-11,18H,12-14H2,1H3. The van der Waals surface area contributed by atoms with Gasteiger partial charge in [-0.3, -0.25) is 0 Å². The predicted octanol–water partition coefficient (Wildman–Crippen LogP) is 4.13. The molecule has 1 atom stereocenters. The van der Waals surface area contributed by atoms with E-state index in [2.05, 4.69) is 21.1 Å². The number of oxime groups is 1. The molecule has 0 aliphatic rings. The highest BCUT2D eigenvalue weighted by Gasteiger charge is 2.15. The number of nitrogens with zero attached hydrogens (tertiary/aromatic N) is 1. The molecular formula is C19H20BrNO3. The Hall–Kier alpha value is -2.14. The lowest BCUT2D eigenvalue weighted by Gasteiger charge is -2.11. The van der Waals surface area contributed by atoms with Crippen molar-refractivity contribution in [2.75, 3.05) is 6.61 Å². The van der Waals surface area contributed by atoms with E-state index in [0.29, 0.717) is 13.0 Å². The number of esters is 1. The van der Waals surface area contributed by atoms with Crippen molar-refractivity contribution in [1.29, 1.82) is 0 Å². The second-order valence-electron chi connectivity index (χ2n) is 5.25. The van der Waals surface area contributed by atoms with Crippen LogP contribution in [0.2, 0.25) is 0 Å². The summed E-state index contributed by atoms with van der Waals surface area (Å²) in [7, 11) is 0. The second kappa shape index (κ2) is 9.88. The number of carbonyl (C=O) groups is 1. The largest absolute Gasteiger partial charge is 0.446 e. The van der Waals surface area contributed by atoms with Crippen LogP contribution < -0.4 is 0 Å². The number of halogens is 1. The minimum atomic E-state index is -0.493. The van der Waals surface area contributed by atoms with Gasteiger partial charge in [-0.1, -0.05) is 65.8 Å². The Morgan fingerprint density at radius 3 is 2.25 bits per heavy atom. The summed E-state index contributed by atoms with van der Waals surface area (Å²) < 4.78 is 5.30. The zero-order valence-electron chi connectivity index (χ0n) is 13.5. The number of hydrogen-bond acceptors (Lipinski definition) is 4. The van der Waals surface area contributed by atoms with E-state index in [1.54, 1.807) is 6.92 Å². The van der Waals surface area contributed by atoms with Crippen LogP contribution in [-0.2, 0) is 27.2 Å². The molecule has 0 aliphatic heterocycles. The van der Waals surface area contributed by atoms with Gasteiger partial charge < -0.3 is 9.57 Å². The summed E-state index contributed by atoms with van der Waals surface area (Å²) in [4.78, 5) is 17.1. The fourth-order valence-electron chi connectivity index (χ4n) is 2.03. The maximum atomic E-state index is 11.9. The fourth-order valence-corrected chi connectivity index (χ4v) is 2.57. The van der Waals surface area contributed by atoms with Gasteiger partial charge in [0.2, 0.25) is 0 Å². The highest BCUT2D eigenvalue weighted by atomic mass is 79.9. The highest BCUT2D eigenvalue weighted by Crippen LogP contribution is 2.11. The van der Waals surface area contributed by atoms with E-state index in [4.69, 9.17) is 9.57 Å². The Balaban J connectivity index is 1.72. The molecular weight excluding hydrogens is 370 g/mol. The third-order valence-electron chi connectivity index (χ3n) is 3.30. The third-order valence-corrected chi connectivity index (χ3v) is 3.81. The van der Waals surface area contributed by atoms with Crippen LogP contribution in [0, 0.1) is 0 Å². The number of benzene rings is 2. The first-order chi connectivity index (χ1) is 11.6. The molecule has 2 aromatic carbocycles. The molecule has 0 amide bonds. The SMILES string of the molecule is CC(=NOCCc1ccccc1)C(=O)OC(Br)Cc1ccccc1. The maximum Gasteiger partial charge on any atom is 0.356 e. The normalized spacial score (nSPS) is 12.5. The first kappa shape index (κ1) is 18.2. The maximum absolute atomic E-state index is 11.9. The topological polar surface area (TPSA) is 47.9 Å². The molecule has 1 unspecified atom stereocenters. The van der Waals surface area contributed by atoms with Crippen molar-refractivity contribution in [3.05, 3.63) is 71.8 Å². The van der Waals surface area contributed by atoms with Crippen molar-refractivity contribution in [3.8, 4) is 0 Å². The van der Waals surface area contributed by atoms with Crippen LogP contribution in [0.1, 0.15) is 18.1 Å². The van der Waals surface area contributed by atoms with Gasteiger partial charge >= 0.3 is 5.97 Å². The lowest BCUT2D eigenvalue weighted by molar-refractivity contribution is -0.136. The Bertz CT molecular complexity index is 659.